The molecule has 0 spiro atoms. The average Bonchev–Trinajstić information content (AvgIpc) is 2.89. The maximum Gasteiger partial charge on any atom is 0.323 e. The molecule has 2 fully saturated rings. The summed E-state index contributed by atoms with van der Waals surface area (Å²) in [6.07, 6.45) is 7.81. The second-order valence-corrected chi connectivity index (χ2v) is 6.22. The fourth-order valence-electron chi connectivity index (χ4n) is 3.43. The molecule has 2 rings (SSSR count). The Labute approximate surface area is 125 Å². The van der Waals surface area contributed by atoms with Crippen LogP contribution in [0.1, 0.15) is 57.8 Å². The maximum absolute atomic E-state index is 12.4. The smallest absolute Gasteiger partial charge is 0.323 e. The molecule has 120 valence electrons. The minimum Gasteiger partial charge on any atom is -0.480 e. The van der Waals surface area contributed by atoms with Crippen molar-refractivity contribution in [3.8, 4) is 0 Å². The van der Waals surface area contributed by atoms with Gasteiger partial charge in [-0.25, -0.2) is 4.79 Å². The molecule has 2 unspecified atom stereocenters. The third-order valence-corrected chi connectivity index (χ3v) is 4.62. The van der Waals surface area contributed by atoms with Gasteiger partial charge >= 0.3 is 12.0 Å². The van der Waals surface area contributed by atoms with Crippen LogP contribution in [0.25, 0.3) is 0 Å². The van der Waals surface area contributed by atoms with Crippen LogP contribution in [0.3, 0.4) is 0 Å². The van der Waals surface area contributed by atoms with Crippen LogP contribution < -0.4 is 5.32 Å². The first-order valence-corrected chi connectivity index (χ1v) is 8.05. The lowest BCUT2D eigenvalue weighted by molar-refractivity contribution is -0.138. The van der Waals surface area contributed by atoms with Crippen LogP contribution in [-0.2, 0) is 4.79 Å². The molecule has 2 amide bonds. The standard InChI is InChI=1S/C15H26N2O4/c18-13-9-3-1-2-8-12(13)16-15(21)17(10-14(19)20)11-6-4-5-7-11/h11-13,18H,1-10H2,(H,16,21)(H,19,20). The lowest BCUT2D eigenvalue weighted by Crippen LogP contribution is -2.53. The zero-order chi connectivity index (χ0) is 15.2. The molecule has 0 heterocycles. The Morgan fingerprint density at radius 3 is 2.29 bits per heavy atom. The lowest BCUT2D eigenvalue weighted by Gasteiger charge is -2.31. The average molecular weight is 298 g/mol. The highest BCUT2D eigenvalue weighted by Crippen LogP contribution is 2.24. The normalized spacial score (nSPS) is 27.1. The Morgan fingerprint density at radius 1 is 1.00 bits per heavy atom. The fraction of sp³-hybridized carbons (Fsp3) is 0.867. The second kappa shape index (κ2) is 7.64. The summed E-state index contributed by atoms with van der Waals surface area (Å²) in [6.45, 7) is -0.265. The predicted molar refractivity (Wildman–Crippen MR) is 78.0 cm³/mol. The van der Waals surface area contributed by atoms with Gasteiger partial charge in [0.2, 0.25) is 0 Å². The molecule has 6 nitrogen and oxygen atoms in total. The van der Waals surface area contributed by atoms with E-state index in [-0.39, 0.29) is 24.7 Å². The van der Waals surface area contributed by atoms with Crippen molar-refractivity contribution in [2.45, 2.75) is 76.0 Å². The third kappa shape index (κ3) is 4.59. The first-order valence-electron chi connectivity index (χ1n) is 8.05. The van der Waals surface area contributed by atoms with Crippen LogP contribution in [0.2, 0.25) is 0 Å². The molecule has 2 aliphatic rings. The molecule has 0 radical (unpaired) electrons. The number of aliphatic carboxylic acids is 1. The molecule has 0 bridgehead atoms. The van der Waals surface area contributed by atoms with E-state index in [0.29, 0.717) is 6.42 Å². The zero-order valence-corrected chi connectivity index (χ0v) is 12.5. The van der Waals surface area contributed by atoms with E-state index in [1.807, 2.05) is 0 Å². The molecule has 2 aliphatic carbocycles. The number of urea groups is 1. The van der Waals surface area contributed by atoms with Gasteiger partial charge in [0.1, 0.15) is 6.54 Å². The molecule has 0 saturated heterocycles. The minimum absolute atomic E-state index is 0.0176. The summed E-state index contributed by atoms with van der Waals surface area (Å²) < 4.78 is 0. The Bertz CT molecular complexity index is 369. The number of rotatable bonds is 4. The molecule has 0 aromatic rings. The van der Waals surface area contributed by atoms with Gasteiger partial charge < -0.3 is 20.4 Å². The van der Waals surface area contributed by atoms with Gasteiger partial charge in [-0.3, -0.25) is 4.79 Å². The summed E-state index contributed by atoms with van der Waals surface area (Å²) >= 11 is 0. The topological polar surface area (TPSA) is 89.9 Å². The predicted octanol–water partition coefficient (Wildman–Crippen LogP) is 1.72. The fourth-order valence-corrected chi connectivity index (χ4v) is 3.43. The van der Waals surface area contributed by atoms with E-state index in [4.69, 9.17) is 5.11 Å². The summed E-state index contributed by atoms with van der Waals surface area (Å²) in [5.74, 6) is -0.988. The van der Waals surface area contributed by atoms with Crippen LogP contribution in [0.5, 0.6) is 0 Å². The SMILES string of the molecule is O=C(O)CN(C(=O)NC1CCCCCC1O)C1CCCC1. The Hall–Kier alpha value is -1.30. The van der Waals surface area contributed by atoms with E-state index in [0.717, 1.165) is 51.4 Å². The van der Waals surface area contributed by atoms with E-state index in [1.165, 1.54) is 4.90 Å². The number of nitrogens with zero attached hydrogens (tertiary/aromatic N) is 1. The van der Waals surface area contributed by atoms with Gasteiger partial charge in [-0.05, 0) is 25.7 Å². The van der Waals surface area contributed by atoms with Crippen molar-refractivity contribution in [3.05, 3.63) is 0 Å². The number of aliphatic hydroxyl groups excluding tert-OH is 1. The molecule has 2 atom stereocenters. The van der Waals surface area contributed by atoms with Crippen LogP contribution in [0.4, 0.5) is 4.79 Å². The van der Waals surface area contributed by atoms with E-state index >= 15 is 0 Å². The van der Waals surface area contributed by atoms with Crippen molar-refractivity contribution in [3.63, 3.8) is 0 Å². The molecule has 3 N–H and O–H groups in total. The van der Waals surface area contributed by atoms with Gasteiger partial charge in [0.25, 0.3) is 0 Å². The number of carboxylic acid groups (broad SMARTS) is 1. The van der Waals surface area contributed by atoms with Gasteiger partial charge in [-0.1, -0.05) is 32.1 Å². The molecular weight excluding hydrogens is 272 g/mol. The zero-order valence-electron chi connectivity index (χ0n) is 12.5. The monoisotopic (exact) mass is 298 g/mol. The van der Waals surface area contributed by atoms with Gasteiger partial charge in [-0.2, -0.15) is 0 Å². The van der Waals surface area contributed by atoms with Gasteiger partial charge in [0.05, 0.1) is 12.1 Å². The summed E-state index contributed by atoms with van der Waals surface area (Å²) in [7, 11) is 0. The first-order chi connectivity index (χ1) is 10.1. The molecule has 6 heteroatoms. The van der Waals surface area contributed by atoms with Crippen LogP contribution >= 0.6 is 0 Å². The van der Waals surface area contributed by atoms with Gasteiger partial charge in [0.15, 0.2) is 0 Å². The number of carbonyl (C=O) groups is 2. The maximum atomic E-state index is 12.4. The van der Waals surface area contributed by atoms with Crippen molar-refractivity contribution in [2.24, 2.45) is 0 Å². The molecule has 2 saturated carbocycles. The molecule has 0 aromatic heterocycles. The van der Waals surface area contributed by atoms with E-state index < -0.39 is 12.1 Å². The van der Waals surface area contributed by atoms with Crippen molar-refractivity contribution in [2.75, 3.05) is 6.54 Å². The van der Waals surface area contributed by atoms with Crippen molar-refractivity contribution in [1.82, 2.24) is 10.2 Å². The number of aliphatic hydroxyl groups is 1. The van der Waals surface area contributed by atoms with Crippen molar-refractivity contribution < 1.29 is 19.8 Å². The number of nitrogens with one attached hydrogen (secondary N) is 1. The molecular formula is C15H26N2O4. The van der Waals surface area contributed by atoms with E-state index in [1.54, 1.807) is 0 Å². The summed E-state index contributed by atoms with van der Waals surface area (Å²) in [4.78, 5) is 24.9. The Balaban J connectivity index is 1.97. The number of hydrogen-bond acceptors (Lipinski definition) is 3. The first kappa shape index (κ1) is 16.1. The highest BCUT2D eigenvalue weighted by molar-refractivity contribution is 5.80. The Kier molecular flexibility index (Phi) is 5.85. The molecule has 0 aliphatic heterocycles. The quantitative estimate of drug-likeness (QED) is 0.689. The number of hydrogen-bond donors (Lipinski definition) is 3. The molecule has 21 heavy (non-hydrogen) atoms. The Morgan fingerprint density at radius 2 is 1.62 bits per heavy atom. The summed E-state index contributed by atoms with van der Waals surface area (Å²) in [6, 6.07) is -0.572. The second-order valence-electron chi connectivity index (χ2n) is 6.22. The van der Waals surface area contributed by atoms with Crippen LogP contribution in [0, 0.1) is 0 Å². The van der Waals surface area contributed by atoms with E-state index in [2.05, 4.69) is 5.32 Å². The highest BCUT2D eigenvalue weighted by Gasteiger charge is 2.31. The number of amides is 2. The van der Waals surface area contributed by atoms with Crippen molar-refractivity contribution >= 4 is 12.0 Å². The summed E-state index contributed by atoms with van der Waals surface area (Å²) in [5, 5.41) is 22.0. The third-order valence-electron chi connectivity index (χ3n) is 4.62. The number of carboxylic acids is 1. The highest BCUT2D eigenvalue weighted by atomic mass is 16.4. The number of carbonyl (C=O) groups excluding carboxylic acids is 1. The van der Waals surface area contributed by atoms with Crippen molar-refractivity contribution in [1.29, 1.82) is 0 Å². The van der Waals surface area contributed by atoms with E-state index in [9.17, 15) is 14.7 Å². The van der Waals surface area contributed by atoms with Crippen LogP contribution in [-0.4, -0.2) is 51.8 Å². The molecule has 0 aromatic carbocycles. The van der Waals surface area contributed by atoms with Gasteiger partial charge in [-0.15, -0.1) is 0 Å². The largest absolute Gasteiger partial charge is 0.480 e. The lowest BCUT2D eigenvalue weighted by atomic mass is 10.1. The minimum atomic E-state index is -0.988. The van der Waals surface area contributed by atoms with Crippen LogP contribution in [0.15, 0.2) is 0 Å². The summed E-state index contributed by atoms with van der Waals surface area (Å²) in [5.41, 5.74) is 0. The van der Waals surface area contributed by atoms with Gasteiger partial charge in [0, 0.05) is 6.04 Å².